The number of carbonyl (C=O) groups excluding carboxylic acids is 4. The number of carboxylic acid groups (broad SMARTS) is 1. The number of hydrogen-bond acceptors (Lipinski definition) is 14. The van der Waals surface area contributed by atoms with Crippen molar-refractivity contribution in [3.05, 3.63) is 51.6 Å². The van der Waals surface area contributed by atoms with Crippen molar-refractivity contribution in [2.24, 2.45) is 5.73 Å². The minimum absolute atomic E-state index is 0.0388. The molecule has 15 nitrogen and oxygen atoms in total. The highest BCUT2D eigenvalue weighted by Gasteiger charge is 2.50. The smallest absolute Gasteiger partial charge is 0.306 e. The number of phenols is 2. The average molecular weight is 672 g/mol. The van der Waals surface area contributed by atoms with Crippen LogP contribution in [-0.2, 0) is 35.0 Å². The van der Waals surface area contributed by atoms with Gasteiger partial charge in [-0.1, -0.05) is 12.1 Å². The summed E-state index contributed by atoms with van der Waals surface area (Å²) in [5.74, 6) is -5.84. The fraction of sp³-hybridized carbons (Fsp3) is 0.485. The molecule has 2 aromatic rings. The van der Waals surface area contributed by atoms with Crippen LogP contribution in [0.4, 0.5) is 0 Å². The summed E-state index contributed by atoms with van der Waals surface area (Å²) in [6, 6.07) is 3.51. The van der Waals surface area contributed by atoms with Gasteiger partial charge in [-0.05, 0) is 25.8 Å². The van der Waals surface area contributed by atoms with Crippen molar-refractivity contribution in [3.63, 3.8) is 0 Å². The maximum Gasteiger partial charge on any atom is 0.306 e. The first-order valence-corrected chi connectivity index (χ1v) is 15.4. The lowest BCUT2D eigenvalue weighted by Crippen LogP contribution is -2.53. The van der Waals surface area contributed by atoms with Gasteiger partial charge in [-0.2, -0.15) is 0 Å². The Morgan fingerprint density at radius 2 is 1.73 bits per heavy atom. The lowest BCUT2D eigenvalue weighted by Gasteiger charge is -2.42. The molecule has 5 rings (SSSR count). The van der Waals surface area contributed by atoms with E-state index in [1.54, 1.807) is 6.92 Å². The summed E-state index contributed by atoms with van der Waals surface area (Å²) >= 11 is 0. The number of benzene rings is 2. The van der Waals surface area contributed by atoms with E-state index in [2.05, 4.69) is 0 Å². The molecule has 0 saturated carbocycles. The Morgan fingerprint density at radius 1 is 1.04 bits per heavy atom. The van der Waals surface area contributed by atoms with Crippen LogP contribution in [0.25, 0.3) is 0 Å². The van der Waals surface area contributed by atoms with E-state index in [0.29, 0.717) is 0 Å². The zero-order valence-corrected chi connectivity index (χ0v) is 26.3. The Bertz CT molecular complexity index is 1660. The van der Waals surface area contributed by atoms with Crippen LogP contribution < -0.4 is 10.5 Å². The van der Waals surface area contributed by atoms with Gasteiger partial charge in [-0.3, -0.25) is 24.0 Å². The molecule has 6 atom stereocenters. The topological polar surface area (TPSA) is 249 Å². The van der Waals surface area contributed by atoms with Gasteiger partial charge in [0.15, 0.2) is 18.7 Å². The van der Waals surface area contributed by atoms with E-state index in [0.717, 1.165) is 0 Å². The van der Waals surface area contributed by atoms with Crippen LogP contribution in [-0.4, -0.2) is 98.7 Å². The molecule has 0 amide bonds. The van der Waals surface area contributed by atoms with Crippen molar-refractivity contribution in [3.8, 4) is 17.2 Å². The van der Waals surface area contributed by atoms with Crippen LogP contribution in [0, 0.1) is 0 Å². The molecule has 0 bridgehead atoms. The van der Waals surface area contributed by atoms with Gasteiger partial charge in [0.25, 0.3) is 0 Å². The van der Waals surface area contributed by atoms with E-state index in [1.165, 1.54) is 25.3 Å². The summed E-state index contributed by atoms with van der Waals surface area (Å²) in [5, 5.41) is 54.0. The van der Waals surface area contributed by atoms with Crippen molar-refractivity contribution in [1.82, 2.24) is 0 Å². The average Bonchev–Trinajstić information content (AvgIpc) is 3.04. The maximum absolute atomic E-state index is 13.8. The zero-order chi connectivity index (χ0) is 35.1. The molecule has 15 heteroatoms. The molecule has 2 aliphatic carbocycles. The SMILES string of the molecule is COc1cccc2c1C(=O)c1c(O)c3c(c(O)c1C2=O)C[C@@](O)(C(=O)COC(=O)CCCCC(=O)O)C[C@@H]3O[C@H]1C[C@H](N)[C@H](O)[C@H](C)O1. The number of carboxylic acids is 1. The molecule has 2 aromatic carbocycles. The van der Waals surface area contributed by atoms with Gasteiger partial charge in [0.1, 0.15) is 22.8 Å². The Kier molecular flexibility index (Phi) is 9.89. The number of nitrogens with two attached hydrogens (primary N) is 1. The van der Waals surface area contributed by atoms with E-state index in [9.17, 15) is 44.4 Å². The fourth-order valence-corrected chi connectivity index (χ4v) is 6.50. The van der Waals surface area contributed by atoms with E-state index in [-0.39, 0.29) is 60.1 Å². The van der Waals surface area contributed by atoms with E-state index >= 15 is 0 Å². The van der Waals surface area contributed by atoms with Crippen LogP contribution in [0.2, 0.25) is 0 Å². The summed E-state index contributed by atoms with van der Waals surface area (Å²) in [5.41, 5.74) is 2.00. The number of rotatable bonds is 11. The Labute approximate surface area is 274 Å². The van der Waals surface area contributed by atoms with E-state index in [4.69, 9.17) is 29.8 Å². The third-order valence-electron chi connectivity index (χ3n) is 9.05. The minimum atomic E-state index is -2.37. The number of hydrogen-bond donors (Lipinski definition) is 6. The highest BCUT2D eigenvalue weighted by Crippen LogP contribution is 2.52. The molecule has 1 aliphatic heterocycles. The van der Waals surface area contributed by atoms with Gasteiger partial charge in [0.2, 0.25) is 11.6 Å². The number of aliphatic hydroxyl groups is 2. The van der Waals surface area contributed by atoms with Crippen molar-refractivity contribution < 1.29 is 68.5 Å². The first-order chi connectivity index (χ1) is 22.7. The lowest BCUT2D eigenvalue weighted by atomic mass is 9.72. The molecule has 0 radical (unpaired) electrons. The second-order valence-electron chi connectivity index (χ2n) is 12.3. The third-order valence-corrected chi connectivity index (χ3v) is 9.05. The largest absolute Gasteiger partial charge is 0.507 e. The molecule has 0 aromatic heterocycles. The van der Waals surface area contributed by atoms with Crippen LogP contribution in [0.3, 0.4) is 0 Å². The number of aliphatic carboxylic acids is 1. The number of carbonyl (C=O) groups is 5. The standard InChI is InChI=1S/C33H37NO14/c1-14-28(39)17(34)10-23(47-14)48-19-12-33(44,20(35)13-46-22(38)9-4-3-8-21(36)37)11-16-25(19)32(43)27-26(30(16)41)29(40)15-6-5-7-18(45-2)24(15)31(27)42/h5-7,14,17,19,23,28,39,41,43-44H,3-4,8-13,34H2,1-2H3,(H,36,37)/t14-,17-,19-,23-,28+,33-/m0/s1. The number of ketones is 3. The normalized spacial score (nSPS) is 26.2. The molecule has 3 aliphatic rings. The first-order valence-electron chi connectivity index (χ1n) is 15.4. The van der Waals surface area contributed by atoms with Crippen LogP contribution in [0.15, 0.2) is 18.2 Å². The monoisotopic (exact) mass is 671 g/mol. The second-order valence-corrected chi connectivity index (χ2v) is 12.3. The predicted octanol–water partition coefficient (Wildman–Crippen LogP) is 1.20. The molecule has 1 heterocycles. The van der Waals surface area contributed by atoms with Crippen LogP contribution >= 0.6 is 0 Å². The summed E-state index contributed by atoms with van der Waals surface area (Å²) in [4.78, 5) is 63.9. The van der Waals surface area contributed by atoms with Crippen molar-refractivity contribution in [2.45, 2.75) is 88.1 Å². The molecular weight excluding hydrogens is 634 g/mol. The van der Waals surface area contributed by atoms with Gasteiger partial charge in [0.05, 0.1) is 42.1 Å². The molecule has 258 valence electrons. The minimum Gasteiger partial charge on any atom is -0.507 e. The lowest BCUT2D eigenvalue weighted by molar-refractivity contribution is -0.247. The third kappa shape index (κ3) is 6.39. The van der Waals surface area contributed by atoms with Crippen LogP contribution in [0.5, 0.6) is 17.2 Å². The Hall–Kier alpha value is -4.41. The number of fused-ring (bicyclic) bond motifs is 3. The van der Waals surface area contributed by atoms with Crippen molar-refractivity contribution >= 4 is 29.3 Å². The number of aliphatic hydroxyl groups excluding tert-OH is 1. The highest BCUT2D eigenvalue weighted by atomic mass is 16.7. The summed E-state index contributed by atoms with van der Waals surface area (Å²) < 4.78 is 22.2. The molecule has 1 fully saturated rings. The summed E-state index contributed by atoms with van der Waals surface area (Å²) in [6.45, 7) is 0.673. The number of phenolic OH excluding ortho intramolecular Hbond substituents is 2. The molecule has 1 saturated heterocycles. The van der Waals surface area contributed by atoms with Crippen molar-refractivity contribution in [1.29, 1.82) is 0 Å². The molecule has 0 unspecified atom stereocenters. The Balaban J connectivity index is 1.52. The van der Waals surface area contributed by atoms with Crippen molar-refractivity contribution in [2.75, 3.05) is 13.7 Å². The van der Waals surface area contributed by atoms with Gasteiger partial charge in [-0.15, -0.1) is 0 Å². The highest BCUT2D eigenvalue weighted by molar-refractivity contribution is 6.31. The van der Waals surface area contributed by atoms with Gasteiger partial charge in [0, 0.05) is 54.8 Å². The number of methoxy groups -OCH3 is 1. The summed E-state index contributed by atoms with van der Waals surface area (Å²) in [7, 11) is 1.30. The van der Waals surface area contributed by atoms with Gasteiger partial charge in [-0.25, -0.2) is 0 Å². The maximum atomic E-state index is 13.8. The van der Waals surface area contributed by atoms with Gasteiger partial charge >= 0.3 is 11.9 Å². The van der Waals surface area contributed by atoms with E-state index in [1.807, 2.05) is 0 Å². The second kappa shape index (κ2) is 13.6. The molecule has 0 spiro atoms. The number of unbranched alkanes of at least 4 members (excludes halogenated alkanes) is 1. The number of esters is 1. The fourth-order valence-electron chi connectivity index (χ4n) is 6.50. The number of ether oxygens (including phenoxy) is 4. The molecular formula is C33H37NO14. The Morgan fingerprint density at radius 3 is 2.40 bits per heavy atom. The summed E-state index contributed by atoms with van der Waals surface area (Å²) in [6.07, 6.45) is -5.53. The molecule has 48 heavy (non-hydrogen) atoms. The van der Waals surface area contributed by atoms with Crippen LogP contribution in [0.1, 0.15) is 94.5 Å². The zero-order valence-electron chi connectivity index (χ0n) is 26.3. The quantitative estimate of drug-likeness (QED) is 0.0952. The number of aromatic hydroxyl groups is 2. The van der Waals surface area contributed by atoms with Gasteiger partial charge < -0.3 is 50.2 Å². The predicted molar refractivity (Wildman–Crippen MR) is 162 cm³/mol. The molecule has 7 N–H and O–H groups in total. The van der Waals surface area contributed by atoms with E-state index < -0.39 is 108 Å². The number of Topliss-reactive ketones (excluding diaryl/α,β-unsaturated/α-hetero) is 1. The first kappa shape index (κ1) is 34.9.